The molecule has 0 aromatic rings. The molecule has 1 aliphatic carbocycles. The van der Waals surface area contributed by atoms with Crippen molar-refractivity contribution < 1.29 is 4.74 Å². The van der Waals surface area contributed by atoms with Crippen LogP contribution in [0.1, 0.15) is 59.3 Å². The minimum Gasteiger partial charge on any atom is -0.379 e. The highest BCUT2D eigenvalue weighted by molar-refractivity contribution is 5.00. The van der Waals surface area contributed by atoms with E-state index in [2.05, 4.69) is 31.0 Å². The molecule has 2 saturated heterocycles. The van der Waals surface area contributed by atoms with Crippen LogP contribution in [0.2, 0.25) is 0 Å². The second-order valence-electron chi connectivity index (χ2n) is 8.18. The second-order valence-corrected chi connectivity index (χ2v) is 8.18. The summed E-state index contributed by atoms with van der Waals surface area (Å²) in [5, 5.41) is 3.91. The van der Waals surface area contributed by atoms with E-state index in [1.54, 1.807) is 0 Å². The van der Waals surface area contributed by atoms with Crippen molar-refractivity contribution in [2.45, 2.75) is 76.9 Å². The van der Waals surface area contributed by atoms with Gasteiger partial charge in [-0.25, -0.2) is 0 Å². The van der Waals surface area contributed by atoms with Gasteiger partial charge in [0.15, 0.2) is 0 Å². The fourth-order valence-corrected chi connectivity index (χ4v) is 4.75. The third kappa shape index (κ3) is 3.30. The molecule has 2 aliphatic heterocycles. The van der Waals surface area contributed by atoms with E-state index in [9.17, 15) is 0 Å². The maximum absolute atomic E-state index is 5.76. The Balaban J connectivity index is 1.72. The van der Waals surface area contributed by atoms with Crippen LogP contribution in [0.4, 0.5) is 0 Å². The summed E-state index contributed by atoms with van der Waals surface area (Å²) in [4.78, 5) is 2.82. The molecule has 0 spiro atoms. The van der Waals surface area contributed by atoms with Crippen molar-refractivity contribution in [3.05, 3.63) is 0 Å². The molecular formula is C18H34N2O. The Morgan fingerprint density at radius 1 is 1.19 bits per heavy atom. The van der Waals surface area contributed by atoms with Gasteiger partial charge in [0.2, 0.25) is 0 Å². The van der Waals surface area contributed by atoms with E-state index in [1.165, 1.54) is 45.1 Å². The summed E-state index contributed by atoms with van der Waals surface area (Å²) in [6.07, 6.45) is 8.41. The lowest BCUT2D eigenvalue weighted by atomic mass is 9.80. The molecule has 0 aromatic heterocycles. The predicted molar refractivity (Wildman–Crippen MR) is 87.5 cm³/mol. The van der Waals surface area contributed by atoms with Crippen molar-refractivity contribution in [2.24, 2.45) is 11.8 Å². The molecule has 1 N–H and O–H groups in total. The fourth-order valence-electron chi connectivity index (χ4n) is 4.75. The molecule has 3 heteroatoms. The molecular weight excluding hydrogens is 260 g/mol. The number of nitrogens with one attached hydrogen (secondary N) is 1. The van der Waals surface area contributed by atoms with E-state index >= 15 is 0 Å². The van der Waals surface area contributed by atoms with Gasteiger partial charge >= 0.3 is 0 Å². The number of piperazine rings is 1. The van der Waals surface area contributed by atoms with Crippen molar-refractivity contribution in [2.75, 3.05) is 26.3 Å². The summed E-state index contributed by atoms with van der Waals surface area (Å²) in [6, 6.07) is 1.37. The van der Waals surface area contributed by atoms with Gasteiger partial charge in [0, 0.05) is 37.3 Å². The van der Waals surface area contributed by atoms with E-state index < -0.39 is 0 Å². The predicted octanol–water partition coefficient (Wildman–Crippen LogP) is 3.04. The highest BCUT2D eigenvalue weighted by Gasteiger charge is 2.44. The summed E-state index contributed by atoms with van der Waals surface area (Å²) in [6.45, 7) is 11.4. The van der Waals surface area contributed by atoms with Crippen LogP contribution in [0.25, 0.3) is 0 Å². The standard InChI is InChI=1S/C18H34N2O/c1-14(2)17-11-19-16(15-7-5-4-6-8-15)12-20(17)18(3)9-10-21-13-18/h14-17,19H,4-13H2,1-3H3. The Hall–Kier alpha value is -0.120. The van der Waals surface area contributed by atoms with Crippen molar-refractivity contribution in [3.8, 4) is 0 Å². The monoisotopic (exact) mass is 294 g/mol. The molecule has 0 bridgehead atoms. The van der Waals surface area contributed by atoms with Gasteiger partial charge in [0.05, 0.1) is 6.61 Å². The summed E-state index contributed by atoms with van der Waals surface area (Å²) in [5.74, 6) is 1.61. The molecule has 3 atom stereocenters. The number of hydrogen-bond donors (Lipinski definition) is 1. The summed E-state index contributed by atoms with van der Waals surface area (Å²) in [7, 11) is 0. The Kier molecular flexibility index (Phi) is 4.92. The van der Waals surface area contributed by atoms with Gasteiger partial charge in [-0.3, -0.25) is 4.90 Å². The molecule has 0 amide bonds. The first-order valence-corrected chi connectivity index (χ1v) is 9.18. The van der Waals surface area contributed by atoms with Crippen molar-refractivity contribution in [1.82, 2.24) is 10.2 Å². The SMILES string of the molecule is CC(C)C1CNC(C2CCCCC2)CN1C1(C)CCOC1. The van der Waals surface area contributed by atoms with Gasteiger partial charge < -0.3 is 10.1 Å². The van der Waals surface area contributed by atoms with Crippen LogP contribution in [0.15, 0.2) is 0 Å². The number of ether oxygens (including phenoxy) is 1. The van der Waals surface area contributed by atoms with Crippen molar-refractivity contribution in [3.63, 3.8) is 0 Å². The van der Waals surface area contributed by atoms with Crippen LogP contribution < -0.4 is 5.32 Å². The molecule has 0 aromatic carbocycles. The molecule has 3 aliphatic rings. The third-order valence-corrected chi connectivity index (χ3v) is 6.26. The van der Waals surface area contributed by atoms with Gasteiger partial charge in [0.25, 0.3) is 0 Å². The van der Waals surface area contributed by atoms with Crippen LogP contribution in [-0.2, 0) is 4.74 Å². The zero-order valence-corrected chi connectivity index (χ0v) is 14.2. The molecule has 1 saturated carbocycles. The molecule has 122 valence electrons. The van der Waals surface area contributed by atoms with Crippen LogP contribution >= 0.6 is 0 Å². The van der Waals surface area contributed by atoms with Gasteiger partial charge in [-0.1, -0.05) is 33.1 Å². The minimum atomic E-state index is 0.268. The highest BCUT2D eigenvalue weighted by Crippen LogP contribution is 2.35. The highest BCUT2D eigenvalue weighted by atomic mass is 16.5. The second kappa shape index (κ2) is 6.55. The normalized spacial score (nSPS) is 40.0. The lowest BCUT2D eigenvalue weighted by molar-refractivity contribution is -0.0164. The van der Waals surface area contributed by atoms with Gasteiger partial charge in [-0.15, -0.1) is 0 Å². The first-order valence-electron chi connectivity index (χ1n) is 9.18. The van der Waals surface area contributed by atoms with E-state index in [1.807, 2.05) is 0 Å². The molecule has 2 heterocycles. The average Bonchev–Trinajstić information content (AvgIpc) is 2.95. The number of rotatable bonds is 3. The lowest BCUT2D eigenvalue weighted by Crippen LogP contribution is -2.66. The first-order chi connectivity index (χ1) is 10.1. The molecule has 3 nitrogen and oxygen atoms in total. The molecule has 3 unspecified atom stereocenters. The maximum Gasteiger partial charge on any atom is 0.0648 e. The fraction of sp³-hybridized carbons (Fsp3) is 1.00. The quantitative estimate of drug-likeness (QED) is 0.866. The molecule has 3 rings (SSSR count). The van der Waals surface area contributed by atoms with Crippen LogP contribution in [0.3, 0.4) is 0 Å². The number of hydrogen-bond acceptors (Lipinski definition) is 3. The third-order valence-electron chi connectivity index (χ3n) is 6.26. The minimum absolute atomic E-state index is 0.268. The summed E-state index contributed by atoms with van der Waals surface area (Å²) >= 11 is 0. The Morgan fingerprint density at radius 3 is 2.57 bits per heavy atom. The van der Waals surface area contributed by atoms with Crippen LogP contribution in [0, 0.1) is 11.8 Å². The zero-order chi connectivity index (χ0) is 14.9. The van der Waals surface area contributed by atoms with Crippen molar-refractivity contribution in [1.29, 1.82) is 0 Å². The first kappa shape index (κ1) is 15.8. The molecule has 3 fully saturated rings. The zero-order valence-electron chi connectivity index (χ0n) is 14.2. The average molecular weight is 294 g/mol. The number of nitrogens with zero attached hydrogens (tertiary/aromatic N) is 1. The topological polar surface area (TPSA) is 24.5 Å². The lowest BCUT2D eigenvalue weighted by Gasteiger charge is -2.51. The summed E-state index contributed by atoms with van der Waals surface area (Å²) in [5.41, 5.74) is 0.268. The molecule has 0 radical (unpaired) electrons. The molecule has 21 heavy (non-hydrogen) atoms. The Labute approximate surface area is 130 Å². The Morgan fingerprint density at radius 2 is 1.95 bits per heavy atom. The smallest absolute Gasteiger partial charge is 0.0648 e. The Bertz CT molecular complexity index is 332. The van der Waals surface area contributed by atoms with Crippen molar-refractivity contribution >= 4 is 0 Å². The maximum atomic E-state index is 5.76. The van der Waals surface area contributed by atoms with E-state index in [0.29, 0.717) is 18.0 Å². The van der Waals surface area contributed by atoms with E-state index in [0.717, 1.165) is 25.7 Å². The van der Waals surface area contributed by atoms with E-state index in [4.69, 9.17) is 4.74 Å². The van der Waals surface area contributed by atoms with Crippen LogP contribution in [-0.4, -0.2) is 48.8 Å². The van der Waals surface area contributed by atoms with E-state index in [-0.39, 0.29) is 5.54 Å². The summed E-state index contributed by atoms with van der Waals surface area (Å²) < 4.78 is 5.76. The van der Waals surface area contributed by atoms with Crippen LogP contribution in [0.5, 0.6) is 0 Å². The van der Waals surface area contributed by atoms with Gasteiger partial charge in [-0.2, -0.15) is 0 Å². The van der Waals surface area contributed by atoms with Gasteiger partial charge in [0.1, 0.15) is 0 Å². The van der Waals surface area contributed by atoms with Gasteiger partial charge in [-0.05, 0) is 38.0 Å². The largest absolute Gasteiger partial charge is 0.379 e.